The molecule has 0 aromatic heterocycles. The van der Waals surface area contributed by atoms with Gasteiger partial charge >= 0.3 is 0 Å². The molecule has 13 heavy (non-hydrogen) atoms. The Bertz CT molecular complexity index is 228. The van der Waals surface area contributed by atoms with Crippen molar-refractivity contribution < 1.29 is 4.43 Å². The predicted octanol–water partition coefficient (Wildman–Crippen LogP) is 1.17. The molecule has 1 N–H and O–H groups in total. The van der Waals surface area contributed by atoms with Gasteiger partial charge in [0.2, 0.25) is 0 Å². The van der Waals surface area contributed by atoms with E-state index < -0.39 is 0 Å². The molecule has 2 nitrogen and oxygen atoms in total. The number of para-hydroxylation sites is 1. The lowest BCUT2D eigenvalue weighted by Crippen LogP contribution is -2.23. The van der Waals surface area contributed by atoms with E-state index in [9.17, 15) is 0 Å². The molecule has 0 saturated carbocycles. The lowest BCUT2D eigenvalue weighted by molar-refractivity contribution is 0.321. The second kappa shape index (κ2) is 5.78. The summed E-state index contributed by atoms with van der Waals surface area (Å²) in [6, 6.07) is 10.7. The van der Waals surface area contributed by atoms with E-state index in [-0.39, 0.29) is 0 Å². The highest BCUT2D eigenvalue weighted by Gasteiger charge is 2.03. The lowest BCUT2D eigenvalue weighted by atomic mass is 10.2. The summed E-state index contributed by atoms with van der Waals surface area (Å²) in [5, 5.41) is 3.43. The van der Waals surface area contributed by atoms with Crippen LogP contribution in [0.4, 0.5) is 5.69 Å². The maximum atomic E-state index is 5.24. The van der Waals surface area contributed by atoms with Crippen molar-refractivity contribution in [1.29, 1.82) is 0 Å². The molecule has 0 saturated heterocycles. The molecule has 0 fully saturated rings. The molecular weight excluding hydrogens is 178 g/mol. The first-order valence-electron chi connectivity index (χ1n) is 4.67. The fourth-order valence-corrected chi connectivity index (χ4v) is 1.64. The molecule has 1 atom stereocenters. The van der Waals surface area contributed by atoms with E-state index >= 15 is 0 Å². The van der Waals surface area contributed by atoms with Crippen molar-refractivity contribution in [2.45, 2.75) is 19.4 Å². The van der Waals surface area contributed by atoms with Gasteiger partial charge in [0.1, 0.15) is 10.5 Å². The summed E-state index contributed by atoms with van der Waals surface area (Å²) in [6.07, 6.45) is 1.09. The Labute approximate surface area is 82.8 Å². The van der Waals surface area contributed by atoms with Gasteiger partial charge in [-0.3, -0.25) is 0 Å². The van der Waals surface area contributed by atoms with Crippen LogP contribution < -0.4 is 5.32 Å². The predicted molar refractivity (Wildman–Crippen MR) is 60.0 cm³/mol. The Kier molecular flexibility index (Phi) is 4.57. The quantitative estimate of drug-likeness (QED) is 0.712. The van der Waals surface area contributed by atoms with Crippen LogP contribution in [0.3, 0.4) is 0 Å². The summed E-state index contributed by atoms with van der Waals surface area (Å²) in [7, 11) is 0.818. The van der Waals surface area contributed by atoms with E-state index in [0.29, 0.717) is 6.04 Å². The summed E-state index contributed by atoms with van der Waals surface area (Å²) >= 11 is 0. The van der Waals surface area contributed by atoms with Crippen LogP contribution in [-0.4, -0.2) is 23.1 Å². The minimum atomic E-state index is 0.444. The van der Waals surface area contributed by atoms with Crippen LogP contribution in [0.25, 0.3) is 0 Å². The van der Waals surface area contributed by atoms with Gasteiger partial charge in [-0.15, -0.1) is 0 Å². The topological polar surface area (TPSA) is 21.3 Å². The average molecular weight is 195 g/mol. The van der Waals surface area contributed by atoms with Crippen molar-refractivity contribution in [3.05, 3.63) is 30.3 Å². The molecule has 0 aliphatic rings. The van der Waals surface area contributed by atoms with Gasteiger partial charge in [0, 0.05) is 11.7 Å². The van der Waals surface area contributed by atoms with Crippen LogP contribution in [0.1, 0.15) is 13.3 Å². The largest absolute Gasteiger partial charge is 0.426 e. The van der Waals surface area contributed by atoms with Gasteiger partial charge in [-0.1, -0.05) is 25.1 Å². The van der Waals surface area contributed by atoms with Crippen LogP contribution in [0.15, 0.2) is 30.3 Å². The number of nitrogens with one attached hydrogen (secondary N) is 1. The number of hydrogen-bond acceptors (Lipinski definition) is 2. The minimum Gasteiger partial charge on any atom is -0.426 e. The lowest BCUT2D eigenvalue weighted by Gasteiger charge is -2.17. The van der Waals surface area contributed by atoms with Crippen LogP contribution in [0, 0.1) is 0 Å². The van der Waals surface area contributed by atoms with Crippen molar-refractivity contribution in [2.24, 2.45) is 0 Å². The van der Waals surface area contributed by atoms with E-state index in [4.69, 9.17) is 4.43 Å². The first kappa shape index (κ1) is 10.3. The van der Waals surface area contributed by atoms with Gasteiger partial charge in [0.15, 0.2) is 0 Å². The molecule has 0 amide bonds. The highest BCUT2D eigenvalue weighted by molar-refractivity contribution is 5.97. The number of rotatable bonds is 5. The maximum Gasteiger partial charge on any atom is 0.146 e. The Morgan fingerprint density at radius 1 is 1.38 bits per heavy atom. The zero-order chi connectivity index (χ0) is 9.52. The molecule has 72 valence electrons. The minimum absolute atomic E-state index is 0.444. The van der Waals surface area contributed by atoms with Gasteiger partial charge in [0.05, 0.1) is 6.61 Å². The second-order valence-electron chi connectivity index (χ2n) is 3.07. The van der Waals surface area contributed by atoms with Gasteiger partial charge in [-0.05, 0) is 18.6 Å². The number of benzene rings is 1. The van der Waals surface area contributed by atoms with Crippen LogP contribution in [-0.2, 0) is 4.43 Å². The third-order valence-corrected chi connectivity index (χ3v) is 2.34. The third-order valence-electron chi connectivity index (χ3n) is 2.01. The highest BCUT2D eigenvalue weighted by Crippen LogP contribution is 2.08. The van der Waals surface area contributed by atoms with Gasteiger partial charge in [-0.2, -0.15) is 0 Å². The summed E-state index contributed by atoms with van der Waals surface area (Å²) in [6.45, 7) is 2.98. The van der Waals surface area contributed by atoms with Crippen molar-refractivity contribution in [3.8, 4) is 0 Å². The molecular formula is C10H17NOSi. The van der Waals surface area contributed by atoms with Gasteiger partial charge in [-0.25, -0.2) is 0 Å². The van der Waals surface area contributed by atoms with E-state index in [1.807, 2.05) is 18.2 Å². The van der Waals surface area contributed by atoms with E-state index in [0.717, 1.165) is 23.5 Å². The summed E-state index contributed by atoms with van der Waals surface area (Å²) in [5.74, 6) is 0. The normalized spacial score (nSPS) is 12.7. The molecule has 0 aliphatic carbocycles. The first-order valence-corrected chi connectivity index (χ1v) is 5.49. The molecule has 0 aliphatic heterocycles. The molecule has 1 aromatic carbocycles. The number of hydrogen-bond donors (Lipinski definition) is 1. The van der Waals surface area contributed by atoms with Crippen molar-refractivity contribution in [2.75, 3.05) is 11.9 Å². The summed E-state index contributed by atoms with van der Waals surface area (Å²) < 4.78 is 5.24. The standard InChI is InChI=1S/C10H17NOSi/c1-2-9(8-12-13)11-10-6-4-3-5-7-10/h3-7,9,11H,2,8H2,1,13H3. The van der Waals surface area contributed by atoms with Crippen LogP contribution in [0.5, 0.6) is 0 Å². The SMILES string of the molecule is CCC(CO[SiH3])Nc1ccccc1. The fraction of sp³-hybridized carbons (Fsp3) is 0.400. The van der Waals surface area contributed by atoms with E-state index in [2.05, 4.69) is 24.4 Å². The Balaban J connectivity index is 2.46. The molecule has 0 spiro atoms. The van der Waals surface area contributed by atoms with E-state index in [1.165, 1.54) is 5.69 Å². The number of anilines is 1. The molecule has 0 heterocycles. The third kappa shape index (κ3) is 3.61. The van der Waals surface area contributed by atoms with Crippen molar-refractivity contribution in [3.63, 3.8) is 0 Å². The average Bonchev–Trinajstić information content (AvgIpc) is 2.19. The molecule has 1 unspecified atom stereocenters. The summed E-state index contributed by atoms with van der Waals surface area (Å²) in [5.41, 5.74) is 1.17. The highest BCUT2D eigenvalue weighted by atomic mass is 28.2. The zero-order valence-electron chi connectivity index (χ0n) is 8.29. The molecule has 1 aromatic rings. The van der Waals surface area contributed by atoms with Crippen LogP contribution in [0.2, 0.25) is 0 Å². The smallest absolute Gasteiger partial charge is 0.146 e. The van der Waals surface area contributed by atoms with Crippen LogP contribution >= 0.6 is 0 Å². The van der Waals surface area contributed by atoms with Gasteiger partial charge < -0.3 is 9.74 Å². The molecule has 3 heteroatoms. The van der Waals surface area contributed by atoms with Gasteiger partial charge in [0.25, 0.3) is 0 Å². The molecule has 1 rings (SSSR count). The Morgan fingerprint density at radius 3 is 2.62 bits per heavy atom. The molecule has 0 bridgehead atoms. The second-order valence-corrected chi connectivity index (χ2v) is 3.65. The Morgan fingerprint density at radius 2 is 2.08 bits per heavy atom. The maximum absolute atomic E-state index is 5.24. The monoisotopic (exact) mass is 195 g/mol. The zero-order valence-corrected chi connectivity index (χ0v) is 10.3. The van der Waals surface area contributed by atoms with Crippen molar-refractivity contribution >= 4 is 16.2 Å². The first-order chi connectivity index (χ1) is 6.36. The fourth-order valence-electron chi connectivity index (χ4n) is 1.23. The Hall–Kier alpha value is -0.803. The summed E-state index contributed by atoms with van der Waals surface area (Å²) in [4.78, 5) is 0. The molecule has 0 radical (unpaired) electrons. The van der Waals surface area contributed by atoms with E-state index in [1.54, 1.807) is 0 Å². The van der Waals surface area contributed by atoms with Crippen molar-refractivity contribution in [1.82, 2.24) is 0 Å².